The number of rotatable bonds is 6. The SMILES string of the molecule is COCCNC(=O)c1cc2cn(CC3CCNCC3)nc2cc1C. The van der Waals surface area contributed by atoms with E-state index in [9.17, 15) is 4.79 Å². The molecule has 2 N–H and O–H groups in total. The quantitative estimate of drug-likeness (QED) is 0.792. The number of nitrogens with zero attached hydrogens (tertiary/aromatic N) is 2. The maximum Gasteiger partial charge on any atom is 0.251 e. The second-order valence-corrected chi connectivity index (χ2v) is 6.52. The molecule has 1 fully saturated rings. The van der Waals surface area contributed by atoms with Crippen molar-refractivity contribution in [3.05, 3.63) is 29.5 Å². The largest absolute Gasteiger partial charge is 0.383 e. The van der Waals surface area contributed by atoms with Crippen LogP contribution in [0.15, 0.2) is 18.3 Å². The van der Waals surface area contributed by atoms with Crippen LogP contribution in [0.2, 0.25) is 0 Å². The molecule has 2 heterocycles. The van der Waals surface area contributed by atoms with Gasteiger partial charge in [0.15, 0.2) is 0 Å². The molecule has 1 aliphatic heterocycles. The van der Waals surface area contributed by atoms with E-state index in [1.54, 1.807) is 7.11 Å². The van der Waals surface area contributed by atoms with Crippen molar-refractivity contribution in [2.24, 2.45) is 5.92 Å². The Morgan fingerprint density at radius 1 is 1.42 bits per heavy atom. The van der Waals surface area contributed by atoms with E-state index in [4.69, 9.17) is 4.74 Å². The van der Waals surface area contributed by atoms with E-state index in [1.165, 1.54) is 12.8 Å². The van der Waals surface area contributed by atoms with E-state index in [-0.39, 0.29) is 5.91 Å². The van der Waals surface area contributed by atoms with Gasteiger partial charge in [-0.3, -0.25) is 9.48 Å². The Morgan fingerprint density at radius 2 is 2.21 bits per heavy atom. The van der Waals surface area contributed by atoms with Gasteiger partial charge in [-0.15, -0.1) is 0 Å². The molecule has 1 aromatic carbocycles. The number of hydrogen-bond acceptors (Lipinski definition) is 4. The second-order valence-electron chi connectivity index (χ2n) is 6.52. The molecule has 0 bridgehead atoms. The fourth-order valence-corrected chi connectivity index (χ4v) is 3.26. The average Bonchev–Trinajstić information content (AvgIpc) is 2.96. The Balaban J connectivity index is 1.75. The minimum absolute atomic E-state index is 0.0578. The van der Waals surface area contributed by atoms with Crippen LogP contribution in [0.5, 0.6) is 0 Å². The van der Waals surface area contributed by atoms with E-state index in [0.717, 1.165) is 36.1 Å². The highest BCUT2D eigenvalue weighted by Gasteiger charge is 2.16. The number of hydrogen-bond donors (Lipinski definition) is 2. The minimum atomic E-state index is -0.0578. The van der Waals surface area contributed by atoms with Crippen molar-refractivity contribution in [2.75, 3.05) is 33.4 Å². The fraction of sp³-hybridized carbons (Fsp3) is 0.556. The normalized spacial score (nSPS) is 15.8. The monoisotopic (exact) mass is 330 g/mol. The van der Waals surface area contributed by atoms with Crippen LogP contribution in [0.25, 0.3) is 10.9 Å². The molecule has 0 aliphatic carbocycles. The lowest BCUT2D eigenvalue weighted by Gasteiger charge is -2.22. The van der Waals surface area contributed by atoms with Crippen molar-refractivity contribution in [2.45, 2.75) is 26.3 Å². The van der Waals surface area contributed by atoms with Gasteiger partial charge in [-0.05, 0) is 56.5 Å². The third kappa shape index (κ3) is 3.94. The lowest BCUT2D eigenvalue weighted by molar-refractivity contribution is 0.0936. The van der Waals surface area contributed by atoms with E-state index < -0.39 is 0 Å². The summed E-state index contributed by atoms with van der Waals surface area (Å²) >= 11 is 0. The summed E-state index contributed by atoms with van der Waals surface area (Å²) in [5, 5.41) is 12.0. The Kier molecular flexibility index (Phi) is 5.48. The van der Waals surface area contributed by atoms with Crippen LogP contribution in [-0.2, 0) is 11.3 Å². The molecule has 1 aromatic heterocycles. The van der Waals surface area contributed by atoms with Crippen LogP contribution in [0.3, 0.4) is 0 Å². The number of methoxy groups -OCH3 is 1. The third-order valence-corrected chi connectivity index (χ3v) is 4.64. The summed E-state index contributed by atoms with van der Waals surface area (Å²) < 4.78 is 7.01. The summed E-state index contributed by atoms with van der Waals surface area (Å²) in [7, 11) is 1.63. The first-order valence-corrected chi connectivity index (χ1v) is 8.63. The molecule has 2 aromatic rings. The highest BCUT2D eigenvalue weighted by molar-refractivity contribution is 5.99. The first kappa shape index (κ1) is 16.9. The second kappa shape index (κ2) is 7.77. The first-order chi connectivity index (χ1) is 11.7. The van der Waals surface area contributed by atoms with Crippen molar-refractivity contribution in [3.63, 3.8) is 0 Å². The first-order valence-electron chi connectivity index (χ1n) is 8.63. The number of nitrogens with one attached hydrogen (secondary N) is 2. The number of carbonyl (C=O) groups excluding carboxylic acids is 1. The van der Waals surface area contributed by atoms with Gasteiger partial charge in [0.1, 0.15) is 0 Å². The van der Waals surface area contributed by atoms with Crippen molar-refractivity contribution in [1.82, 2.24) is 20.4 Å². The zero-order chi connectivity index (χ0) is 16.9. The lowest BCUT2D eigenvalue weighted by atomic mass is 9.98. The van der Waals surface area contributed by atoms with Gasteiger partial charge in [-0.25, -0.2) is 0 Å². The predicted octanol–water partition coefficient (Wildman–Crippen LogP) is 1.72. The van der Waals surface area contributed by atoms with Crippen molar-refractivity contribution in [1.29, 1.82) is 0 Å². The summed E-state index contributed by atoms with van der Waals surface area (Å²) in [6.07, 6.45) is 4.45. The molecule has 0 atom stereocenters. The van der Waals surface area contributed by atoms with Crippen molar-refractivity contribution in [3.8, 4) is 0 Å². The van der Waals surface area contributed by atoms with E-state index >= 15 is 0 Å². The Labute approximate surface area is 142 Å². The number of amides is 1. The summed E-state index contributed by atoms with van der Waals surface area (Å²) in [4.78, 5) is 12.3. The summed E-state index contributed by atoms with van der Waals surface area (Å²) in [5.41, 5.74) is 2.61. The number of aromatic nitrogens is 2. The van der Waals surface area contributed by atoms with Gasteiger partial charge >= 0.3 is 0 Å². The van der Waals surface area contributed by atoms with Gasteiger partial charge in [0.25, 0.3) is 5.91 Å². The zero-order valence-corrected chi connectivity index (χ0v) is 14.5. The van der Waals surface area contributed by atoms with Crippen LogP contribution in [-0.4, -0.2) is 49.0 Å². The molecule has 0 radical (unpaired) electrons. The summed E-state index contributed by atoms with van der Waals surface area (Å²) in [6.45, 7) is 6.12. The fourth-order valence-electron chi connectivity index (χ4n) is 3.26. The van der Waals surface area contributed by atoms with Gasteiger partial charge in [0.2, 0.25) is 0 Å². The number of ether oxygens (including phenoxy) is 1. The molecular weight excluding hydrogens is 304 g/mol. The Hall–Kier alpha value is -1.92. The van der Waals surface area contributed by atoms with Gasteiger partial charge in [-0.1, -0.05) is 0 Å². The highest BCUT2D eigenvalue weighted by Crippen LogP contribution is 2.21. The van der Waals surface area contributed by atoms with Crippen molar-refractivity contribution >= 4 is 16.8 Å². The number of carbonyl (C=O) groups is 1. The lowest BCUT2D eigenvalue weighted by Crippen LogP contribution is -2.29. The highest BCUT2D eigenvalue weighted by atomic mass is 16.5. The van der Waals surface area contributed by atoms with Crippen LogP contribution in [0.4, 0.5) is 0 Å². The van der Waals surface area contributed by atoms with Crippen LogP contribution < -0.4 is 10.6 Å². The maximum atomic E-state index is 12.3. The summed E-state index contributed by atoms with van der Waals surface area (Å²) in [5.74, 6) is 0.621. The topological polar surface area (TPSA) is 68.2 Å². The Morgan fingerprint density at radius 3 is 2.96 bits per heavy atom. The van der Waals surface area contributed by atoms with Crippen LogP contribution >= 0.6 is 0 Å². The molecule has 6 heteroatoms. The van der Waals surface area contributed by atoms with Gasteiger partial charge < -0.3 is 15.4 Å². The molecule has 1 saturated heterocycles. The van der Waals surface area contributed by atoms with Gasteiger partial charge in [-0.2, -0.15) is 5.10 Å². The predicted molar refractivity (Wildman–Crippen MR) is 94.3 cm³/mol. The molecule has 0 unspecified atom stereocenters. The van der Waals surface area contributed by atoms with E-state index in [2.05, 4.69) is 21.9 Å². The van der Waals surface area contributed by atoms with Crippen molar-refractivity contribution < 1.29 is 9.53 Å². The van der Waals surface area contributed by atoms with Crippen LogP contribution in [0, 0.1) is 12.8 Å². The smallest absolute Gasteiger partial charge is 0.251 e. The molecule has 3 rings (SSSR count). The Bertz CT molecular complexity index is 704. The molecular formula is C18H26N4O2. The third-order valence-electron chi connectivity index (χ3n) is 4.64. The van der Waals surface area contributed by atoms with E-state index in [1.807, 2.05) is 23.7 Å². The molecule has 130 valence electrons. The number of aryl methyl sites for hydroxylation is 1. The number of benzene rings is 1. The molecule has 1 aliphatic rings. The number of fused-ring (bicyclic) bond motifs is 1. The number of piperidine rings is 1. The molecule has 1 amide bonds. The summed E-state index contributed by atoms with van der Waals surface area (Å²) in [6, 6.07) is 3.94. The molecule has 0 spiro atoms. The molecule has 24 heavy (non-hydrogen) atoms. The minimum Gasteiger partial charge on any atom is -0.383 e. The van der Waals surface area contributed by atoms with Gasteiger partial charge in [0, 0.05) is 37.3 Å². The van der Waals surface area contributed by atoms with Crippen LogP contribution in [0.1, 0.15) is 28.8 Å². The molecule has 0 saturated carbocycles. The van der Waals surface area contributed by atoms with Gasteiger partial charge in [0.05, 0.1) is 12.1 Å². The van der Waals surface area contributed by atoms with E-state index in [0.29, 0.717) is 24.6 Å². The average molecular weight is 330 g/mol. The maximum absolute atomic E-state index is 12.3. The molecule has 6 nitrogen and oxygen atoms in total. The zero-order valence-electron chi connectivity index (χ0n) is 14.5. The standard InChI is InChI=1S/C18H26N4O2/c1-13-9-17-15(10-16(13)18(23)20-7-8-24-2)12-22(21-17)11-14-3-5-19-6-4-14/h9-10,12,14,19H,3-8,11H2,1-2H3,(H,20,23).